The van der Waals surface area contributed by atoms with E-state index in [-0.39, 0.29) is 5.91 Å². The molecule has 0 spiro atoms. The fourth-order valence-corrected chi connectivity index (χ4v) is 2.46. The van der Waals surface area contributed by atoms with E-state index >= 15 is 0 Å². The summed E-state index contributed by atoms with van der Waals surface area (Å²) in [6.07, 6.45) is 0.485. The highest BCUT2D eigenvalue weighted by molar-refractivity contribution is 5.77. The van der Waals surface area contributed by atoms with Gasteiger partial charge in [0.1, 0.15) is 11.5 Å². The van der Waals surface area contributed by atoms with Crippen molar-refractivity contribution >= 4 is 11.6 Å². The molecule has 0 unspecified atom stereocenters. The van der Waals surface area contributed by atoms with Crippen molar-refractivity contribution < 1.29 is 14.3 Å². The molecule has 1 saturated heterocycles. The zero-order chi connectivity index (χ0) is 15.9. The van der Waals surface area contributed by atoms with Crippen LogP contribution in [-0.4, -0.2) is 69.7 Å². The Morgan fingerprint density at radius 3 is 2.55 bits per heavy atom. The molecule has 1 aromatic rings. The lowest BCUT2D eigenvalue weighted by molar-refractivity contribution is -0.132. The molecule has 1 aromatic carbocycles. The van der Waals surface area contributed by atoms with E-state index in [1.165, 1.54) is 0 Å². The summed E-state index contributed by atoms with van der Waals surface area (Å²) < 4.78 is 10.5. The molecule has 1 aliphatic rings. The second-order valence-electron chi connectivity index (χ2n) is 5.43. The molecule has 1 heterocycles. The lowest BCUT2D eigenvalue weighted by atomic mass is 10.2. The third-order valence-electron chi connectivity index (χ3n) is 3.92. The number of anilines is 1. The molecule has 22 heavy (non-hydrogen) atoms. The Kier molecular flexibility index (Phi) is 5.89. The van der Waals surface area contributed by atoms with Crippen LogP contribution in [0.25, 0.3) is 0 Å². The molecule has 0 aromatic heterocycles. The molecule has 6 heteroatoms. The van der Waals surface area contributed by atoms with E-state index in [4.69, 9.17) is 9.47 Å². The minimum Gasteiger partial charge on any atom is -0.497 e. The molecule has 122 valence electrons. The number of likely N-dealkylation sites (N-methyl/N-ethyl adjacent to an activating group) is 1. The number of hydrogen-bond acceptors (Lipinski definition) is 5. The van der Waals surface area contributed by atoms with Crippen LogP contribution < -0.4 is 14.8 Å². The second kappa shape index (κ2) is 7.89. The molecule has 1 fully saturated rings. The van der Waals surface area contributed by atoms with E-state index in [1.807, 2.05) is 23.1 Å². The number of carbonyl (C=O) groups excluding carboxylic acids is 1. The number of benzene rings is 1. The molecule has 6 nitrogen and oxygen atoms in total. The summed E-state index contributed by atoms with van der Waals surface area (Å²) in [7, 11) is 5.32. The zero-order valence-electron chi connectivity index (χ0n) is 13.6. The summed E-state index contributed by atoms with van der Waals surface area (Å²) in [4.78, 5) is 16.3. The number of nitrogens with one attached hydrogen (secondary N) is 1. The predicted octanol–water partition coefficient (Wildman–Crippen LogP) is 1.28. The molecule has 1 amide bonds. The van der Waals surface area contributed by atoms with E-state index in [0.717, 1.165) is 37.6 Å². The van der Waals surface area contributed by atoms with E-state index in [1.54, 1.807) is 14.2 Å². The second-order valence-corrected chi connectivity index (χ2v) is 5.43. The molecular formula is C16H25N3O3. The van der Waals surface area contributed by atoms with Crippen LogP contribution in [0.2, 0.25) is 0 Å². The SMILES string of the molecule is COc1ccc(NCCC(=O)N2CCN(C)CC2)c(OC)c1. The van der Waals surface area contributed by atoms with Crippen LogP contribution in [0, 0.1) is 0 Å². The summed E-state index contributed by atoms with van der Waals surface area (Å²) >= 11 is 0. The molecule has 1 N–H and O–H groups in total. The number of piperazine rings is 1. The predicted molar refractivity (Wildman–Crippen MR) is 86.7 cm³/mol. The quantitative estimate of drug-likeness (QED) is 0.858. The average Bonchev–Trinajstić information content (AvgIpc) is 2.55. The van der Waals surface area contributed by atoms with Crippen LogP contribution in [0.4, 0.5) is 5.69 Å². The number of methoxy groups -OCH3 is 2. The fourth-order valence-electron chi connectivity index (χ4n) is 2.46. The summed E-state index contributed by atoms with van der Waals surface area (Å²) in [5, 5.41) is 3.26. The number of ether oxygens (including phenoxy) is 2. The number of carbonyl (C=O) groups is 1. The zero-order valence-corrected chi connectivity index (χ0v) is 13.6. The Hall–Kier alpha value is -1.95. The maximum Gasteiger partial charge on any atom is 0.224 e. The third kappa shape index (κ3) is 4.27. The van der Waals surface area contributed by atoms with E-state index < -0.39 is 0 Å². The van der Waals surface area contributed by atoms with Crippen molar-refractivity contribution in [3.05, 3.63) is 18.2 Å². The first kappa shape index (κ1) is 16.4. The molecule has 0 saturated carbocycles. The van der Waals surface area contributed by atoms with Gasteiger partial charge < -0.3 is 24.6 Å². The van der Waals surface area contributed by atoms with Crippen LogP contribution >= 0.6 is 0 Å². The van der Waals surface area contributed by atoms with Gasteiger partial charge in [0.15, 0.2) is 0 Å². The summed E-state index contributed by atoms with van der Waals surface area (Å²) in [5.41, 5.74) is 0.870. The average molecular weight is 307 g/mol. The molecule has 0 radical (unpaired) electrons. The van der Waals surface area contributed by atoms with Crippen LogP contribution in [0.15, 0.2) is 18.2 Å². The van der Waals surface area contributed by atoms with Crippen molar-refractivity contribution in [3.63, 3.8) is 0 Å². The highest BCUT2D eigenvalue weighted by atomic mass is 16.5. The lowest BCUT2D eigenvalue weighted by Gasteiger charge is -2.32. The number of rotatable bonds is 6. The van der Waals surface area contributed by atoms with E-state index in [2.05, 4.69) is 17.3 Å². The van der Waals surface area contributed by atoms with Crippen molar-refractivity contribution in [2.75, 3.05) is 59.3 Å². The van der Waals surface area contributed by atoms with Gasteiger partial charge in [0.05, 0.1) is 19.9 Å². The van der Waals surface area contributed by atoms with Gasteiger partial charge in [-0.1, -0.05) is 0 Å². The minimum atomic E-state index is 0.202. The van der Waals surface area contributed by atoms with Crippen molar-refractivity contribution in [2.45, 2.75) is 6.42 Å². The molecule has 2 rings (SSSR count). The number of amides is 1. The summed E-state index contributed by atoms with van der Waals surface area (Å²) in [5.74, 6) is 1.66. The topological polar surface area (TPSA) is 54.0 Å². The van der Waals surface area contributed by atoms with Gasteiger partial charge in [0.25, 0.3) is 0 Å². The van der Waals surface area contributed by atoms with Gasteiger partial charge in [0.2, 0.25) is 5.91 Å². The standard InChI is InChI=1S/C16H25N3O3/c1-18-8-10-19(11-9-18)16(20)6-7-17-14-5-4-13(21-2)12-15(14)22-3/h4-5,12,17H,6-11H2,1-3H3. The number of hydrogen-bond donors (Lipinski definition) is 1. The molecular weight excluding hydrogens is 282 g/mol. The van der Waals surface area contributed by atoms with Gasteiger partial charge in [0, 0.05) is 45.2 Å². The molecule has 1 aliphatic heterocycles. The Balaban J connectivity index is 1.82. The van der Waals surface area contributed by atoms with Gasteiger partial charge in [-0.15, -0.1) is 0 Å². The third-order valence-corrected chi connectivity index (χ3v) is 3.92. The molecule has 0 aliphatic carbocycles. The van der Waals surface area contributed by atoms with Crippen LogP contribution in [0.5, 0.6) is 11.5 Å². The largest absolute Gasteiger partial charge is 0.497 e. The van der Waals surface area contributed by atoms with Crippen molar-refractivity contribution in [2.24, 2.45) is 0 Å². The highest BCUT2D eigenvalue weighted by Crippen LogP contribution is 2.28. The van der Waals surface area contributed by atoms with Crippen LogP contribution in [0.1, 0.15) is 6.42 Å². The first-order valence-corrected chi connectivity index (χ1v) is 7.56. The monoisotopic (exact) mass is 307 g/mol. The summed E-state index contributed by atoms with van der Waals surface area (Å²) in [6.45, 7) is 4.13. The normalized spacial score (nSPS) is 15.5. The Labute approximate surface area is 132 Å². The molecule has 0 bridgehead atoms. The van der Waals surface area contributed by atoms with Gasteiger partial charge in [-0.25, -0.2) is 0 Å². The highest BCUT2D eigenvalue weighted by Gasteiger charge is 2.18. The smallest absolute Gasteiger partial charge is 0.224 e. The molecule has 0 atom stereocenters. The lowest BCUT2D eigenvalue weighted by Crippen LogP contribution is -2.47. The van der Waals surface area contributed by atoms with E-state index in [9.17, 15) is 4.79 Å². The van der Waals surface area contributed by atoms with Crippen molar-refractivity contribution in [1.82, 2.24) is 9.80 Å². The Morgan fingerprint density at radius 1 is 1.18 bits per heavy atom. The van der Waals surface area contributed by atoms with Crippen molar-refractivity contribution in [3.8, 4) is 11.5 Å². The first-order chi connectivity index (χ1) is 10.6. The Morgan fingerprint density at radius 2 is 1.91 bits per heavy atom. The van der Waals surface area contributed by atoms with E-state index in [0.29, 0.717) is 18.7 Å². The fraction of sp³-hybridized carbons (Fsp3) is 0.562. The summed E-state index contributed by atoms with van der Waals surface area (Å²) in [6, 6.07) is 5.59. The van der Waals surface area contributed by atoms with Gasteiger partial charge in [-0.05, 0) is 19.2 Å². The maximum atomic E-state index is 12.2. The minimum absolute atomic E-state index is 0.202. The first-order valence-electron chi connectivity index (χ1n) is 7.56. The van der Waals surface area contributed by atoms with Crippen LogP contribution in [-0.2, 0) is 4.79 Å². The van der Waals surface area contributed by atoms with Crippen LogP contribution in [0.3, 0.4) is 0 Å². The Bertz CT molecular complexity index is 499. The van der Waals surface area contributed by atoms with Gasteiger partial charge in [-0.3, -0.25) is 4.79 Å². The van der Waals surface area contributed by atoms with Crippen molar-refractivity contribution in [1.29, 1.82) is 0 Å². The maximum absolute atomic E-state index is 12.2. The van der Waals surface area contributed by atoms with Gasteiger partial charge in [-0.2, -0.15) is 0 Å². The van der Waals surface area contributed by atoms with Gasteiger partial charge >= 0.3 is 0 Å². The number of nitrogens with zero attached hydrogens (tertiary/aromatic N) is 2.